The number of furan rings is 1. The van der Waals surface area contributed by atoms with Crippen LogP contribution in [0.25, 0.3) is 0 Å². The van der Waals surface area contributed by atoms with Crippen molar-refractivity contribution >= 4 is 12.0 Å². The predicted molar refractivity (Wildman–Crippen MR) is 78.6 cm³/mol. The van der Waals surface area contributed by atoms with Crippen molar-refractivity contribution in [2.75, 3.05) is 0 Å². The minimum Gasteiger partial charge on any atom is -0.472 e. The molecule has 0 saturated carbocycles. The molecule has 1 heterocycles. The van der Waals surface area contributed by atoms with Crippen LogP contribution in [0.1, 0.15) is 40.2 Å². The van der Waals surface area contributed by atoms with E-state index in [2.05, 4.69) is 10.6 Å². The molecule has 0 radical (unpaired) electrons. The molecule has 1 unspecified atom stereocenters. The van der Waals surface area contributed by atoms with E-state index in [4.69, 9.17) is 9.15 Å². The summed E-state index contributed by atoms with van der Waals surface area (Å²) >= 11 is 0. The van der Waals surface area contributed by atoms with Gasteiger partial charge in [0.2, 0.25) is 5.91 Å². The number of hydrogen-bond donors (Lipinski definition) is 2. The van der Waals surface area contributed by atoms with E-state index < -0.39 is 17.7 Å². The van der Waals surface area contributed by atoms with E-state index in [9.17, 15) is 9.59 Å². The SMILES string of the molecule is CC(C)C(NC(=O)OC(C)(C)C)C(=O)NCc1ccoc1. The van der Waals surface area contributed by atoms with Gasteiger partial charge >= 0.3 is 6.09 Å². The maximum Gasteiger partial charge on any atom is 0.408 e. The molecule has 1 aromatic heterocycles. The normalized spacial score (nSPS) is 12.9. The number of ether oxygens (including phenoxy) is 1. The molecule has 6 heteroatoms. The third-order valence-corrected chi connectivity index (χ3v) is 2.67. The minimum atomic E-state index is -0.647. The second-order valence-electron chi connectivity index (χ2n) is 6.22. The zero-order chi connectivity index (χ0) is 16.0. The molecule has 2 amide bonds. The summed E-state index contributed by atoms with van der Waals surface area (Å²) in [6.07, 6.45) is 2.51. The topological polar surface area (TPSA) is 80.6 Å². The van der Waals surface area contributed by atoms with Crippen LogP contribution in [0.15, 0.2) is 23.0 Å². The summed E-state index contributed by atoms with van der Waals surface area (Å²) in [6.45, 7) is 9.40. The highest BCUT2D eigenvalue weighted by atomic mass is 16.6. The Morgan fingerprint density at radius 1 is 1.33 bits per heavy atom. The van der Waals surface area contributed by atoms with Gasteiger partial charge in [0.15, 0.2) is 0 Å². The quantitative estimate of drug-likeness (QED) is 0.874. The van der Waals surface area contributed by atoms with Crippen molar-refractivity contribution in [3.05, 3.63) is 24.2 Å². The van der Waals surface area contributed by atoms with Crippen LogP contribution in [-0.4, -0.2) is 23.6 Å². The van der Waals surface area contributed by atoms with Crippen molar-refractivity contribution in [3.8, 4) is 0 Å². The van der Waals surface area contributed by atoms with Crippen LogP contribution >= 0.6 is 0 Å². The van der Waals surface area contributed by atoms with E-state index in [1.54, 1.807) is 39.4 Å². The lowest BCUT2D eigenvalue weighted by atomic mass is 10.0. The van der Waals surface area contributed by atoms with Gasteiger partial charge in [0.25, 0.3) is 0 Å². The van der Waals surface area contributed by atoms with Crippen LogP contribution in [0.3, 0.4) is 0 Å². The number of alkyl carbamates (subject to hydrolysis) is 1. The Balaban J connectivity index is 2.55. The molecule has 2 N–H and O–H groups in total. The molecule has 6 nitrogen and oxygen atoms in total. The molecule has 0 aromatic carbocycles. The van der Waals surface area contributed by atoms with E-state index in [0.717, 1.165) is 5.56 Å². The molecule has 0 aliphatic carbocycles. The molecule has 118 valence electrons. The molecular formula is C15H24N2O4. The second kappa shape index (κ2) is 7.15. The first-order valence-electron chi connectivity index (χ1n) is 6.97. The maximum absolute atomic E-state index is 12.2. The largest absolute Gasteiger partial charge is 0.472 e. The first kappa shape index (κ1) is 17.1. The van der Waals surface area contributed by atoms with Crippen LogP contribution in [-0.2, 0) is 16.1 Å². The van der Waals surface area contributed by atoms with E-state index >= 15 is 0 Å². The third kappa shape index (κ3) is 6.33. The van der Waals surface area contributed by atoms with Crippen molar-refractivity contribution in [2.45, 2.75) is 52.8 Å². The average Bonchev–Trinajstić information content (AvgIpc) is 2.83. The Kier molecular flexibility index (Phi) is 5.81. The van der Waals surface area contributed by atoms with Crippen molar-refractivity contribution in [1.82, 2.24) is 10.6 Å². The molecule has 0 fully saturated rings. The maximum atomic E-state index is 12.2. The molecular weight excluding hydrogens is 272 g/mol. The smallest absolute Gasteiger partial charge is 0.408 e. The Hall–Kier alpha value is -1.98. The zero-order valence-electron chi connectivity index (χ0n) is 13.2. The number of hydrogen-bond acceptors (Lipinski definition) is 4. The summed E-state index contributed by atoms with van der Waals surface area (Å²) in [5.41, 5.74) is 0.266. The van der Waals surface area contributed by atoms with Gasteiger partial charge in [-0.05, 0) is 32.8 Å². The third-order valence-electron chi connectivity index (χ3n) is 2.67. The number of amides is 2. The predicted octanol–water partition coefficient (Wildman–Crippen LogP) is 2.45. The summed E-state index contributed by atoms with van der Waals surface area (Å²) in [4.78, 5) is 24.0. The van der Waals surface area contributed by atoms with Gasteiger partial charge in [-0.25, -0.2) is 4.79 Å². The molecule has 0 saturated heterocycles. The van der Waals surface area contributed by atoms with Crippen LogP contribution in [0.4, 0.5) is 4.79 Å². The Labute approximate surface area is 125 Å². The second-order valence-corrected chi connectivity index (χ2v) is 6.22. The van der Waals surface area contributed by atoms with E-state index in [0.29, 0.717) is 6.54 Å². The number of nitrogens with one attached hydrogen (secondary N) is 2. The average molecular weight is 296 g/mol. The van der Waals surface area contributed by atoms with Crippen LogP contribution in [0, 0.1) is 5.92 Å². The Morgan fingerprint density at radius 3 is 2.48 bits per heavy atom. The molecule has 0 aliphatic heterocycles. The van der Waals surface area contributed by atoms with Gasteiger partial charge in [-0.2, -0.15) is 0 Å². The van der Waals surface area contributed by atoms with Gasteiger partial charge in [0, 0.05) is 12.1 Å². The molecule has 0 aliphatic rings. The summed E-state index contributed by atoms with van der Waals surface area (Å²) in [7, 11) is 0. The lowest BCUT2D eigenvalue weighted by Crippen LogP contribution is -2.50. The van der Waals surface area contributed by atoms with Crippen molar-refractivity contribution in [3.63, 3.8) is 0 Å². The fourth-order valence-electron chi connectivity index (χ4n) is 1.66. The van der Waals surface area contributed by atoms with Crippen LogP contribution < -0.4 is 10.6 Å². The lowest BCUT2D eigenvalue weighted by molar-refractivity contribution is -0.124. The number of carbonyl (C=O) groups is 2. The molecule has 1 aromatic rings. The lowest BCUT2D eigenvalue weighted by Gasteiger charge is -2.25. The Bertz CT molecular complexity index is 461. The highest BCUT2D eigenvalue weighted by Gasteiger charge is 2.26. The van der Waals surface area contributed by atoms with Crippen molar-refractivity contribution in [2.24, 2.45) is 5.92 Å². The standard InChI is InChI=1S/C15H24N2O4/c1-10(2)12(17-14(19)21-15(3,4)5)13(18)16-8-11-6-7-20-9-11/h6-7,9-10,12H,8H2,1-5H3,(H,16,18)(H,17,19). The monoisotopic (exact) mass is 296 g/mol. The van der Waals surface area contributed by atoms with Crippen molar-refractivity contribution in [1.29, 1.82) is 0 Å². The van der Waals surface area contributed by atoms with Gasteiger partial charge in [-0.3, -0.25) is 4.79 Å². The molecule has 1 rings (SSSR count). The molecule has 21 heavy (non-hydrogen) atoms. The summed E-state index contributed by atoms with van der Waals surface area (Å²) in [5, 5.41) is 5.37. The highest BCUT2D eigenvalue weighted by molar-refractivity contribution is 5.85. The number of carbonyl (C=O) groups excluding carboxylic acids is 2. The first-order valence-corrected chi connectivity index (χ1v) is 6.97. The summed E-state index contributed by atoms with van der Waals surface area (Å²) in [6, 6.07) is 1.12. The van der Waals surface area contributed by atoms with Crippen LogP contribution in [0.5, 0.6) is 0 Å². The van der Waals surface area contributed by atoms with Gasteiger partial charge < -0.3 is 19.8 Å². The molecule has 0 spiro atoms. The fourth-order valence-corrected chi connectivity index (χ4v) is 1.66. The van der Waals surface area contributed by atoms with E-state index in [-0.39, 0.29) is 11.8 Å². The van der Waals surface area contributed by atoms with Gasteiger partial charge in [0.05, 0.1) is 12.5 Å². The Morgan fingerprint density at radius 2 is 2.00 bits per heavy atom. The minimum absolute atomic E-state index is 0.0538. The van der Waals surface area contributed by atoms with Gasteiger partial charge in [-0.15, -0.1) is 0 Å². The van der Waals surface area contributed by atoms with Gasteiger partial charge in [0.1, 0.15) is 11.6 Å². The molecule has 0 bridgehead atoms. The van der Waals surface area contributed by atoms with E-state index in [1.807, 2.05) is 13.8 Å². The first-order chi connectivity index (χ1) is 9.69. The highest BCUT2D eigenvalue weighted by Crippen LogP contribution is 2.09. The van der Waals surface area contributed by atoms with Crippen molar-refractivity contribution < 1.29 is 18.7 Å². The van der Waals surface area contributed by atoms with Crippen LogP contribution in [0.2, 0.25) is 0 Å². The van der Waals surface area contributed by atoms with E-state index in [1.165, 1.54) is 0 Å². The van der Waals surface area contributed by atoms with Gasteiger partial charge in [-0.1, -0.05) is 13.8 Å². The summed E-state index contributed by atoms with van der Waals surface area (Å²) < 4.78 is 10.1. The zero-order valence-corrected chi connectivity index (χ0v) is 13.2. The number of rotatable bonds is 5. The fraction of sp³-hybridized carbons (Fsp3) is 0.600. The summed E-state index contributed by atoms with van der Waals surface area (Å²) in [5.74, 6) is -0.307. The molecule has 1 atom stereocenters.